The average Bonchev–Trinajstić information content (AvgIpc) is 2.47. The molecule has 4 heteroatoms. The largest absolute Gasteiger partial charge is 0.366 e. The molecule has 2 rings (SSSR count). The minimum absolute atomic E-state index is 0.482. The number of nitrogens with two attached hydrogens (primary N) is 1. The molecule has 1 aliphatic heterocycles. The van der Waals surface area contributed by atoms with Gasteiger partial charge in [0.15, 0.2) is 0 Å². The normalized spacial score (nSPS) is 13.9. The lowest BCUT2D eigenvalue weighted by atomic mass is 10.2. The first-order valence-electron chi connectivity index (χ1n) is 4.82. The van der Waals surface area contributed by atoms with Crippen molar-refractivity contribution in [1.82, 2.24) is 0 Å². The molecule has 1 heterocycles. The summed E-state index contributed by atoms with van der Waals surface area (Å²) in [5.41, 5.74) is 7.70. The third-order valence-electron chi connectivity index (χ3n) is 2.09. The van der Waals surface area contributed by atoms with Crippen molar-refractivity contribution in [3.63, 3.8) is 0 Å². The predicted molar refractivity (Wildman–Crippen MR) is 64.1 cm³/mol. The highest BCUT2D eigenvalue weighted by atomic mass is 16.1. The number of nitrogens with one attached hydrogen (secondary N) is 1. The fourth-order valence-electron chi connectivity index (χ4n) is 1.37. The molecular formula is C12H11N3O. The lowest BCUT2D eigenvalue weighted by Crippen LogP contribution is -2.06. The van der Waals surface area contributed by atoms with Crippen LogP contribution < -0.4 is 11.1 Å². The Morgan fingerprint density at radius 3 is 3.00 bits per heavy atom. The zero-order valence-corrected chi connectivity index (χ0v) is 8.55. The summed E-state index contributed by atoms with van der Waals surface area (Å²) in [6, 6.07) is 7.77. The summed E-state index contributed by atoms with van der Waals surface area (Å²) in [5.74, 6) is -0.482. The van der Waals surface area contributed by atoms with Gasteiger partial charge in [-0.15, -0.1) is 0 Å². The first-order chi connectivity index (χ1) is 7.75. The van der Waals surface area contributed by atoms with Gasteiger partial charge in [-0.1, -0.05) is 18.2 Å². The van der Waals surface area contributed by atoms with Crippen molar-refractivity contribution >= 4 is 17.8 Å². The lowest BCUT2D eigenvalue weighted by molar-refractivity contribution is -0.113. The van der Waals surface area contributed by atoms with Crippen molar-refractivity contribution in [3.05, 3.63) is 53.9 Å². The summed E-state index contributed by atoms with van der Waals surface area (Å²) < 4.78 is 0. The number of aliphatic imine (C=N–C) groups is 1. The SMILES string of the molecule is NC(=O)C=CC1=CN=Cc2ccccc2N1. The number of benzene rings is 1. The van der Waals surface area contributed by atoms with E-state index in [1.807, 2.05) is 24.3 Å². The third kappa shape index (κ3) is 2.36. The molecule has 3 N–H and O–H groups in total. The van der Waals surface area contributed by atoms with Crippen LogP contribution in [-0.4, -0.2) is 12.1 Å². The van der Waals surface area contributed by atoms with Gasteiger partial charge in [-0.3, -0.25) is 9.79 Å². The molecule has 4 nitrogen and oxygen atoms in total. The zero-order valence-electron chi connectivity index (χ0n) is 8.55. The molecule has 0 fully saturated rings. The van der Waals surface area contributed by atoms with E-state index in [-0.39, 0.29) is 0 Å². The average molecular weight is 213 g/mol. The first-order valence-corrected chi connectivity index (χ1v) is 4.82. The molecule has 0 saturated carbocycles. The highest BCUT2D eigenvalue weighted by Gasteiger charge is 2.03. The van der Waals surface area contributed by atoms with Crippen LogP contribution in [0.3, 0.4) is 0 Å². The summed E-state index contributed by atoms with van der Waals surface area (Å²) in [7, 11) is 0. The molecule has 1 aliphatic rings. The number of carbonyl (C=O) groups excluding carboxylic acids is 1. The van der Waals surface area contributed by atoms with Gasteiger partial charge in [-0.25, -0.2) is 0 Å². The second-order valence-electron chi connectivity index (χ2n) is 3.31. The van der Waals surface area contributed by atoms with Gasteiger partial charge in [-0.05, 0) is 12.1 Å². The summed E-state index contributed by atoms with van der Waals surface area (Å²) in [5, 5.41) is 3.16. The molecule has 1 amide bonds. The van der Waals surface area contributed by atoms with Gasteiger partial charge < -0.3 is 11.1 Å². The van der Waals surface area contributed by atoms with Crippen LogP contribution in [0, 0.1) is 0 Å². The van der Waals surface area contributed by atoms with E-state index in [1.165, 1.54) is 6.08 Å². The summed E-state index contributed by atoms with van der Waals surface area (Å²) >= 11 is 0. The molecule has 0 spiro atoms. The van der Waals surface area contributed by atoms with Gasteiger partial charge in [0.2, 0.25) is 5.91 Å². The lowest BCUT2D eigenvalue weighted by Gasteiger charge is -2.06. The fourth-order valence-corrected chi connectivity index (χ4v) is 1.37. The Kier molecular flexibility index (Phi) is 2.82. The van der Waals surface area contributed by atoms with E-state index >= 15 is 0 Å². The molecule has 16 heavy (non-hydrogen) atoms. The minimum atomic E-state index is -0.482. The number of amides is 1. The Morgan fingerprint density at radius 2 is 2.19 bits per heavy atom. The van der Waals surface area contributed by atoms with Gasteiger partial charge in [-0.2, -0.15) is 0 Å². The maximum Gasteiger partial charge on any atom is 0.241 e. The number of nitrogens with zero attached hydrogens (tertiary/aromatic N) is 1. The highest BCUT2D eigenvalue weighted by Crippen LogP contribution is 2.18. The van der Waals surface area contributed by atoms with E-state index < -0.39 is 5.91 Å². The van der Waals surface area contributed by atoms with Crippen LogP contribution >= 0.6 is 0 Å². The Labute approximate surface area is 93.2 Å². The predicted octanol–water partition coefficient (Wildman–Crippen LogP) is 1.41. The maximum absolute atomic E-state index is 10.6. The molecule has 0 radical (unpaired) electrons. The van der Waals surface area contributed by atoms with E-state index in [9.17, 15) is 4.79 Å². The third-order valence-corrected chi connectivity index (χ3v) is 2.09. The van der Waals surface area contributed by atoms with Crippen molar-refractivity contribution in [3.8, 4) is 0 Å². The maximum atomic E-state index is 10.6. The van der Waals surface area contributed by atoms with Gasteiger partial charge in [0, 0.05) is 23.5 Å². The number of para-hydroxylation sites is 1. The number of hydrogen-bond acceptors (Lipinski definition) is 3. The van der Waals surface area contributed by atoms with Crippen molar-refractivity contribution in [1.29, 1.82) is 0 Å². The smallest absolute Gasteiger partial charge is 0.241 e. The van der Waals surface area contributed by atoms with Crippen LogP contribution in [0.2, 0.25) is 0 Å². The molecule has 0 atom stereocenters. The van der Waals surface area contributed by atoms with Crippen LogP contribution in [0.1, 0.15) is 5.56 Å². The van der Waals surface area contributed by atoms with Gasteiger partial charge >= 0.3 is 0 Å². The summed E-state index contributed by atoms with van der Waals surface area (Å²) in [6.07, 6.45) is 6.29. The molecule has 0 saturated heterocycles. The highest BCUT2D eigenvalue weighted by molar-refractivity contribution is 5.90. The Hall–Kier alpha value is -2.36. The van der Waals surface area contributed by atoms with E-state index in [1.54, 1.807) is 18.5 Å². The van der Waals surface area contributed by atoms with Gasteiger partial charge in [0.25, 0.3) is 0 Å². The summed E-state index contributed by atoms with van der Waals surface area (Å²) in [4.78, 5) is 14.7. The molecule has 0 aromatic heterocycles. The number of rotatable bonds is 2. The Balaban J connectivity index is 2.26. The van der Waals surface area contributed by atoms with Crippen molar-refractivity contribution < 1.29 is 4.79 Å². The van der Waals surface area contributed by atoms with Crippen molar-refractivity contribution in [2.45, 2.75) is 0 Å². The first kappa shape index (κ1) is 10.2. The van der Waals surface area contributed by atoms with Crippen molar-refractivity contribution in [2.75, 3.05) is 5.32 Å². The quantitative estimate of drug-likeness (QED) is 0.729. The number of anilines is 1. The zero-order chi connectivity index (χ0) is 11.4. The molecule has 1 aromatic carbocycles. The Bertz CT molecular complexity index is 501. The number of fused-ring (bicyclic) bond motifs is 1. The van der Waals surface area contributed by atoms with Crippen LogP contribution in [0.25, 0.3) is 0 Å². The van der Waals surface area contributed by atoms with Gasteiger partial charge in [0.1, 0.15) is 0 Å². The molecule has 0 aliphatic carbocycles. The molecule has 80 valence electrons. The standard InChI is InChI=1S/C12H11N3O/c13-12(16)6-5-10-8-14-7-9-3-1-2-4-11(9)15-10/h1-8,15H,(H2,13,16). The van der Waals surface area contributed by atoms with Crippen LogP contribution in [0.4, 0.5) is 5.69 Å². The van der Waals surface area contributed by atoms with E-state index in [4.69, 9.17) is 5.73 Å². The van der Waals surface area contributed by atoms with Crippen LogP contribution in [0.15, 0.2) is 53.3 Å². The number of allylic oxidation sites excluding steroid dienone is 1. The monoisotopic (exact) mass is 213 g/mol. The van der Waals surface area contributed by atoms with E-state index in [2.05, 4.69) is 10.3 Å². The molecular weight excluding hydrogens is 202 g/mol. The van der Waals surface area contributed by atoms with E-state index in [0.29, 0.717) is 0 Å². The van der Waals surface area contributed by atoms with Crippen molar-refractivity contribution in [2.24, 2.45) is 10.7 Å². The summed E-state index contributed by atoms with van der Waals surface area (Å²) in [6.45, 7) is 0. The number of hydrogen-bond donors (Lipinski definition) is 2. The Morgan fingerprint density at radius 1 is 1.38 bits per heavy atom. The van der Waals surface area contributed by atoms with E-state index in [0.717, 1.165) is 16.9 Å². The second-order valence-corrected chi connectivity index (χ2v) is 3.31. The molecule has 1 aromatic rings. The molecule has 0 bridgehead atoms. The van der Waals surface area contributed by atoms with Crippen LogP contribution in [0.5, 0.6) is 0 Å². The topological polar surface area (TPSA) is 67.5 Å². The number of carbonyl (C=O) groups is 1. The fraction of sp³-hybridized carbons (Fsp3) is 0. The van der Waals surface area contributed by atoms with Crippen LogP contribution in [-0.2, 0) is 4.79 Å². The van der Waals surface area contributed by atoms with Gasteiger partial charge in [0.05, 0.1) is 11.9 Å². The minimum Gasteiger partial charge on any atom is -0.366 e. The second kappa shape index (κ2) is 4.44. The number of primary amides is 1. The molecule has 0 unspecified atom stereocenters.